The first-order chi connectivity index (χ1) is 9.95. The van der Waals surface area contributed by atoms with Gasteiger partial charge in [-0.2, -0.15) is 0 Å². The number of likely N-dealkylation sites (tertiary alicyclic amines) is 1. The summed E-state index contributed by atoms with van der Waals surface area (Å²) >= 11 is 0. The fraction of sp³-hybridized carbons (Fsp3) is 0.857. The minimum Gasteiger partial charge on any atom is -0.455 e. The second-order valence-electron chi connectivity index (χ2n) is 6.14. The summed E-state index contributed by atoms with van der Waals surface area (Å²) in [6.45, 7) is 6.40. The normalized spacial score (nSPS) is 21.9. The van der Waals surface area contributed by atoms with Crippen LogP contribution in [0.3, 0.4) is 0 Å². The molecule has 7 heteroatoms. The SMILES string of the molecule is CN1CCN(C2CN(CC(=O)OCC(=O)N(C)C)C2)CC1. The maximum absolute atomic E-state index is 11.6. The highest BCUT2D eigenvalue weighted by atomic mass is 16.5. The lowest BCUT2D eigenvalue weighted by molar-refractivity contribution is -0.153. The summed E-state index contributed by atoms with van der Waals surface area (Å²) < 4.78 is 4.97. The van der Waals surface area contributed by atoms with E-state index in [1.807, 2.05) is 0 Å². The van der Waals surface area contributed by atoms with Gasteiger partial charge in [-0.05, 0) is 7.05 Å². The molecule has 0 spiro atoms. The average molecular weight is 298 g/mol. The number of carbonyl (C=O) groups excluding carboxylic acids is 2. The second kappa shape index (κ2) is 7.20. The molecule has 21 heavy (non-hydrogen) atoms. The van der Waals surface area contributed by atoms with Gasteiger partial charge in [-0.3, -0.25) is 19.4 Å². The van der Waals surface area contributed by atoms with Crippen molar-refractivity contribution in [2.75, 3.05) is 73.6 Å². The standard InChI is InChI=1S/C14H26N4O3/c1-15(2)13(19)11-21-14(20)10-17-8-12(9-17)18-6-4-16(3)5-7-18/h12H,4-11H2,1-3H3. The number of esters is 1. The molecule has 1 amide bonds. The number of hydrogen-bond acceptors (Lipinski definition) is 6. The van der Waals surface area contributed by atoms with Gasteiger partial charge in [0.15, 0.2) is 6.61 Å². The molecule has 0 saturated carbocycles. The minimum absolute atomic E-state index is 0.165. The Morgan fingerprint density at radius 1 is 1.14 bits per heavy atom. The molecule has 0 atom stereocenters. The molecule has 2 saturated heterocycles. The van der Waals surface area contributed by atoms with E-state index < -0.39 is 0 Å². The van der Waals surface area contributed by atoms with Crippen LogP contribution >= 0.6 is 0 Å². The first-order valence-electron chi connectivity index (χ1n) is 7.46. The highest BCUT2D eigenvalue weighted by Gasteiger charge is 2.34. The van der Waals surface area contributed by atoms with E-state index in [9.17, 15) is 9.59 Å². The lowest BCUT2D eigenvalue weighted by atomic mass is 10.1. The van der Waals surface area contributed by atoms with Crippen molar-refractivity contribution < 1.29 is 14.3 Å². The van der Waals surface area contributed by atoms with Crippen LogP contribution in [0.25, 0.3) is 0 Å². The first kappa shape index (κ1) is 16.2. The topological polar surface area (TPSA) is 56.3 Å². The Balaban J connectivity index is 1.59. The van der Waals surface area contributed by atoms with Gasteiger partial charge in [-0.15, -0.1) is 0 Å². The molecule has 0 aliphatic carbocycles. The molecule has 0 N–H and O–H groups in total. The third-order valence-corrected chi connectivity index (χ3v) is 4.20. The molecule has 0 bridgehead atoms. The van der Waals surface area contributed by atoms with Crippen molar-refractivity contribution in [2.45, 2.75) is 6.04 Å². The van der Waals surface area contributed by atoms with Gasteiger partial charge in [-0.25, -0.2) is 0 Å². The smallest absolute Gasteiger partial charge is 0.320 e. The summed E-state index contributed by atoms with van der Waals surface area (Å²) in [7, 11) is 5.44. The fourth-order valence-corrected chi connectivity index (χ4v) is 2.59. The number of nitrogens with zero attached hydrogens (tertiary/aromatic N) is 4. The number of ether oxygens (including phenoxy) is 1. The number of amides is 1. The van der Waals surface area contributed by atoms with Gasteiger partial charge in [0, 0.05) is 59.4 Å². The van der Waals surface area contributed by atoms with Crippen LogP contribution in [-0.2, 0) is 14.3 Å². The summed E-state index contributed by atoms with van der Waals surface area (Å²) in [6.07, 6.45) is 0. The predicted molar refractivity (Wildman–Crippen MR) is 79.0 cm³/mol. The predicted octanol–water partition coefficient (Wildman–Crippen LogP) is -1.45. The van der Waals surface area contributed by atoms with E-state index in [0.29, 0.717) is 6.04 Å². The Morgan fingerprint density at radius 2 is 1.76 bits per heavy atom. The molecule has 120 valence electrons. The van der Waals surface area contributed by atoms with Crippen molar-refractivity contribution in [3.05, 3.63) is 0 Å². The number of piperazine rings is 1. The number of likely N-dealkylation sites (N-methyl/N-ethyl adjacent to an activating group) is 2. The monoisotopic (exact) mass is 298 g/mol. The lowest BCUT2D eigenvalue weighted by Gasteiger charge is -2.47. The third-order valence-electron chi connectivity index (χ3n) is 4.20. The number of carbonyl (C=O) groups is 2. The molecular weight excluding hydrogens is 272 g/mol. The highest BCUT2D eigenvalue weighted by Crippen LogP contribution is 2.16. The van der Waals surface area contributed by atoms with Crippen LogP contribution in [0.1, 0.15) is 0 Å². The summed E-state index contributed by atoms with van der Waals surface area (Å²) in [5.41, 5.74) is 0. The van der Waals surface area contributed by atoms with Crippen LogP contribution in [0, 0.1) is 0 Å². The molecule has 2 heterocycles. The van der Waals surface area contributed by atoms with Gasteiger partial charge in [0.25, 0.3) is 5.91 Å². The van der Waals surface area contributed by atoms with Gasteiger partial charge in [-0.1, -0.05) is 0 Å². The van der Waals surface area contributed by atoms with Gasteiger partial charge in [0.2, 0.25) is 0 Å². The van der Waals surface area contributed by atoms with Crippen LogP contribution in [0.2, 0.25) is 0 Å². The zero-order chi connectivity index (χ0) is 15.4. The van der Waals surface area contributed by atoms with Gasteiger partial charge in [0.1, 0.15) is 0 Å². The molecule has 2 aliphatic heterocycles. The van der Waals surface area contributed by atoms with Crippen molar-refractivity contribution in [1.82, 2.24) is 19.6 Å². The van der Waals surface area contributed by atoms with Gasteiger partial charge < -0.3 is 14.5 Å². The van der Waals surface area contributed by atoms with E-state index >= 15 is 0 Å². The Kier molecular flexibility index (Phi) is 5.55. The van der Waals surface area contributed by atoms with Crippen molar-refractivity contribution in [3.8, 4) is 0 Å². The summed E-state index contributed by atoms with van der Waals surface area (Å²) in [5, 5.41) is 0. The molecule has 2 fully saturated rings. The Bertz CT molecular complexity index is 374. The zero-order valence-corrected chi connectivity index (χ0v) is 13.2. The molecule has 0 aromatic heterocycles. The Hall–Kier alpha value is -1.18. The number of hydrogen-bond donors (Lipinski definition) is 0. The largest absolute Gasteiger partial charge is 0.455 e. The molecule has 0 unspecified atom stereocenters. The fourth-order valence-electron chi connectivity index (χ4n) is 2.59. The second-order valence-corrected chi connectivity index (χ2v) is 6.14. The van der Waals surface area contributed by atoms with Crippen molar-refractivity contribution in [2.24, 2.45) is 0 Å². The zero-order valence-electron chi connectivity index (χ0n) is 13.2. The van der Waals surface area contributed by atoms with Crippen LogP contribution in [0.15, 0.2) is 0 Å². The molecule has 2 aliphatic rings. The molecule has 0 radical (unpaired) electrons. The average Bonchev–Trinajstić information content (AvgIpc) is 2.41. The third kappa shape index (κ3) is 4.66. The van der Waals surface area contributed by atoms with E-state index in [1.165, 1.54) is 4.90 Å². The van der Waals surface area contributed by atoms with Crippen LogP contribution in [-0.4, -0.2) is 111 Å². The van der Waals surface area contributed by atoms with Crippen LogP contribution < -0.4 is 0 Å². The maximum atomic E-state index is 11.6. The molecule has 0 aromatic carbocycles. The van der Waals surface area contributed by atoms with E-state index in [2.05, 4.69) is 21.7 Å². The maximum Gasteiger partial charge on any atom is 0.320 e. The summed E-state index contributed by atoms with van der Waals surface area (Å²) in [5.74, 6) is -0.510. The van der Waals surface area contributed by atoms with Crippen molar-refractivity contribution >= 4 is 11.9 Å². The van der Waals surface area contributed by atoms with Crippen molar-refractivity contribution in [3.63, 3.8) is 0 Å². The number of rotatable bonds is 5. The molecule has 2 rings (SSSR count). The molecule has 0 aromatic rings. The summed E-state index contributed by atoms with van der Waals surface area (Å²) in [4.78, 5) is 31.3. The quantitative estimate of drug-likeness (QED) is 0.579. The van der Waals surface area contributed by atoms with E-state index in [0.717, 1.165) is 39.3 Å². The van der Waals surface area contributed by atoms with Crippen molar-refractivity contribution in [1.29, 1.82) is 0 Å². The Morgan fingerprint density at radius 3 is 2.33 bits per heavy atom. The van der Waals surface area contributed by atoms with Gasteiger partial charge in [0.05, 0.1) is 6.54 Å². The van der Waals surface area contributed by atoms with Gasteiger partial charge >= 0.3 is 5.97 Å². The van der Waals surface area contributed by atoms with Crippen LogP contribution in [0.4, 0.5) is 0 Å². The minimum atomic E-state index is -0.318. The van der Waals surface area contributed by atoms with E-state index in [1.54, 1.807) is 14.1 Å². The van der Waals surface area contributed by atoms with Crippen LogP contribution in [0.5, 0.6) is 0 Å². The van der Waals surface area contributed by atoms with E-state index in [-0.39, 0.29) is 25.0 Å². The molecular formula is C14H26N4O3. The van der Waals surface area contributed by atoms with E-state index in [4.69, 9.17) is 4.74 Å². The Labute approximate surface area is 126 Å². The highest BCUT2D eigenvalue weighted by molar-refractivity contribution is 5.80. The first-order valence-corrected chi connectivity index (χ1v) is 7.46. The molecule has 7 nitrogen and oxygen atoms in total. The lowest BCUT2D eigenvalue weighted by Crippen LogP contribution is -2.63. The summed E-state index contributed by atoms with van der Waals surface area (Å²) in [6, 6.07) is 0.565.